The van der Waals surface area contributed by atoms with Crippen molar-refractivity contribution in [3.63, 3.8) is 0 Å². The van der Waals surface area contributed by atoms with E-state index in [0.29, 0.717) is 12.8 Å². The van der Waals surface area contributed by atoms with E-state index in [1.807, 2.05) is 19.9 Å². The first-order valence-electron chi connectivity index (χ1n) is 8.29. The van der Waals surface area contributed by atoms with Crippen LogP contribution in [-0.4, -0.2) is 33.4 Å². The van der Waals surface area contributed by atoms with Crippen LogP contribution in [-0.2, 0) is 4.79 Å². The summed E-state index contributed by atoms with van der Waals surface area (Å²) in [7, 11) is 0. The van der Waals surface area contributed by atoms with Crippen LogP contribution >= 0.6 is 0 Å². The Bertz CT molecular complexity index is 418. The first kappa shape index (κ1) is 16.5. The van der Waals surface area contributed by atoms with Crippen LogP contribution in [0.25, 0.3) is 0 Å². The van der Waals surface area contributed by atoms with Gasteiger partial charge in [-0.05, 0) is 39.0 Å². The summed E-state index contributed by atoms with van der Waals surface area (Å²) < 4.78 is 0. The van der Waals surface area contributed by atoms with Crippen molar-refractivity contribution < 1.29 is 15.0 Å². The number of hydrogen-bond donors (Lipinski definition) is 3. The molecule has 0 saturated carbocycles. The van der Waals surface area contributed by atoms with Crippen molar-refractivity contribution in [1.29, 1.82) is 0 Å². The third kappa shape index (κ3) is 2.53. The van der Waals surface area contributed by atoms with Gasteiger partial charge in [0, 0.05) is 5.92 Å². The van der Waals surface area contributed by atoms with Gasteiger partial charge in [-0.1, -0.05) is 32.4 Å². The molecule has 0 unspecified atom stereocenters. The molecular formula is C17H29NO3. The second-order valence-electron chi connectivity index (χ2n) is 6.77. The minimum Gasteiger partial charge on any atom is -0.390 e. The SMILES string of the molecule is CCC[C@H]1C(=O)N[C@](CC)([C@H](O)[C@@H]2C=CCCC2)[C@@]1(C)O. The molecule has 0 bridgehead atoms. The Kier molecular flexibility index (Phi) is 4.79. The van der Waals surface area contributed by atoms with Crippen LogP contribution in [0.4, 0.5) is 0 Å². The van der Waals surface area contributed by atoms with Crippen molar-refractivity contribution in [2.45, 2.75) is 76.5 Å². The summed E-state index contributed by atoms with van der Waals surface area (Å²) in [6, 6.07) is 0. The van der Waals surface area contributed by atoms with Gasteiger partial charge in [0.1, 0.15) is 0 Å². The molecule has 1 fully saturated rings. The summed E-state index contributed by atoms with van der Waals surface area (Å²) in [5, 5.41) is 25.0. The molecule has 4 heteroatoms. The van der Waals surface area contributed by atoms with Crippen LogP contribution in [0.1, 0.15) is 59.3 Å². The maximum atomic E-state index is 12.3. The highest BCUT2D eigenvalue weighted by Gasteiger charge is 2.63. The van der Waals surface area contributed by atoms with Crippen LogP contribution in [0.5, 0.6) is 0 Å². The first-order valence-corrected chi connectivity index (χ1v) is 8.29. The number of allylic oxidation sites excluding steroid dienone is 1. The number of aliphatic hydroxyl groups is 2. The Morgan fingerprint density at radius 2 is 2.19 bits per heavy atom. The van der Waals surface area contributed by atoms with Crippen molar-refractivity contribution in [2.24, 2.45) is 11.8 Å². The van der Waals surface area contributed by atoms with Gasteiger partial charge in [-0.3, -0.25) is 4.79 Å². The van der Waals surface area contributed by atoms with Gasteiger partial charge >= 0.3 is 0 Å². The fourth-order valence-electron chi connectivity index (χ4n) is 4.20. The van der Waals surface area contributed by atoms with Crippen molar-refractivity contribution in [3.8, 4) is 0 Å². The standard InChI is InChI=1S/C17H29NO3/c1-4-9-13-15(20)18-17(5-2,16(13,3)21)14(19)12-10-7-6-8-11-12/h7,10,12-14,19,21H,4-6,8-9,11H2,1-3H3,(H,18,20)/t12-,13+,14-,16+,17-/m1/s1. The first-order chi connectivity index (χ1) is 9.90. The molecule has 2 aliphatic rings. The lowest BCUT2D eigenvalue weighted by molar-refractivity contribution is -0.126. The third-order valence-electron chi connectivity index (χ3n) is 5.58. The normalized spacial score (nSPS) is 41.1. The maximum Gasteiger partial charge on any atom is 0.226 e. The van der Waals surface area contributed by atoms with Gasteiger partial charge in [-0.25, -0.2) is 0 Å². The second kappa shape index (κ2) is 6.09. The highest BCUT2D eigenvalue weighted by Crippen LogP contribution is 2.45. The van der Waals surface area contributed by atoms with E-state index in [4.69, 9.17) is 0 Å². The number of carbonyl (C=O) groups is 1. The molecule has 0 aromatic rings. The summed E-state index contributed by atoms with van der Waals surface area (Å²) >= 11 is 0. The molecule has 3 N–H and O–H groups in total. The Balaban J connectivity index is 2.33. The molecule has 2 rings (SSSR count). The minimum atomic E-state index is -1.22. The molecule has 0 radical (unpaired) electrons. The van der Waals surface area contributed by atoms with E-state index in [2.05, 4.69) is 11.4 Å². The molecule has 120 valence electrons. The zero-order valence-corrected chi connectivity index (χ0v) is 13.4. The number of rotatable bonds is 5. The average Bonchev–Trinajstić information content (AvgIpc) is 2.68. The van der Waals surface area contributed by atoms with E-state index in [1.165, 1.54) is 0 Å². The van der Waals surface area contributed by atoms with E-state index in [9.17, 15) is 15.0 Å². The molecule has 21 heavy (non-hydrogen) atoms. The van der Waals surface area contributed by atoms with E-state index in [1.54, 1.807) is 6.92 Å². The molecule has 1 amide bonds. The monoisotopic (exact) mass is 295 g/mol. The maximum absolute atomic E-state index is 12.3. The molecule has 4 nitrogen and oxygen atoms in total. The topological polar surface area (TPSA) is 69.6 Å². The smallest absolute Gasteiger partial charge is 0.226 e. The zero-order valence-electron chi connectivity index (χ0n) is 13.4. The van der Waals surface area contributed by atoms with E-state index in [-0.39, 0.29) is 11.8 Å². The molecule has 1 aliphatic heterocycles. The molecule has 0 aromatic carbocycles. The van der Waals surface area contributed by atoms with Gasteiger partial charge in [0.2, 0.25) is 5.91 Å². The van der Waals surface area contributed by atoms with Crippen LogP contribution < -0.4 is 5.32 Å². The van der Waals surface area contributed by atoms with Crippen molar-refractivity contribution in [3.05, 3.63) is 12.2 Å². The number of aliphatic hydroxyl groups excluding tert-OH is 1. The van der Waals surface area contributed by atoms with Gasteiger partial charge < -0.3 is 15.5 Å². The summed E-state index contributed by atoms with van der Waals surface area (Å²) in [5.41, 5.74) is -2.17. The Labute approximate surface area is 127 Å². The Hall–Kier alpha value is -0.870. The minimum absolute atomic E-state index is 0.00542. The van der Waals surface area contributed by atoms with Crippen LogP contribution in [0.15, 0.2) is 12.2 Å². The van der Waals surface area contributed by atoms with Crippen molar-refractivity contribution >= 4 is 5.91 Å². The highest BCUT2D eigenvalue weighted by atomic mass is 16.3. The summed E-state index contributed by atoms with van der Waals surface area (Å²) in [5.74, 6) is -0.557. The molecular weight excluding hydrogens is 266 g/mol. The predicted molar refractivity (Wildman–Crippen MR) is 82.7 cm³/mol. The number of amides is 1. The van der Waals surface area contributed by atoms with Crippen molar-refractivity contribution in [2.75, 3.05) is 0 Å². The highest BCUT2D eigenvalue weighted by molar-refractivity contribution is 5.84. The summed E-state index contributed by atoms with van der Waals surface area (Å²) in [6.07, 6.45) is 8.40. The predicted octanol–water partition coefficient (Wildman–Crippen LogP) is 2.15. The number of nitrogens with one attached hydrogen (secondary N) is 1. The van der Waals surface area contributed by atoms with Crippen LogP contribution in [0.3, 0.4) is 0 Å². The van der Waals surface area contributed by atoms with Gasteiger partial charge in [0.25, 0.3) is 0 Å². The molecule has 0 spiro atoms. The Morgan fingerprint density at radius 3 is 2.71 bits per heavy atom. The Morgan fingerprint density at radius 1 is 1.48 bits per heavy atom. The molecule has 5 atom stereocenters. The number of carbonyl (C=O) groups excluding carboxylic acids is 1. The zero-order chi connectivity index (χ0) is 15.7. The fraction of sp³-hybridized carbons (Fsp3) is 0.824. The van der Waals surface area contributed by atoms with Gasteiger partial charge in [0.05, 0.1) is 23.2 Å². The lowest BCUT2D eigenvalue weighted by Gasteiger charge is -2.46. The number of hydrogen-bond acceptors (Lipinski definition) is 3. The van der Waals surface area contributed by atoms with Gasteiger partial charge in [-0.15, -0.1) is 0 Å². The molecule has 1 heterocycles. The second-order valence-corrected chi connectivity index (χ2v) is 6.77. The summed E-state index contributed by atoms with van der Waals surface area (Å²) in [4.78, 5) is 12.3. The average molecular weight is 295 g/mol. The molecule has 1 aliphatic carbocycles. The van der Waals surface area contributed by atoms with E-state index >= 15 is 0 Å². The van der Waals surface area contributed by atoms with E-state index in [0.717, 1.165) is 25.7 Å². The lowest BCUT2D eigenvalue weighted by atomic mass is 9.67. The van der Waals surface area contributed by atoms with Crippen LogP contribution in [0.2, 0.25) is 0 Å². The van der Waals surface area contributed by atoms with Crippen molar-refractivity contribution in [1.82, 2.24) is 5.32 Å². The van der Waals surface area contributed by atoms with E-state index < -0.39 is 23.2 Å². The summed E-state index contributed by atoms with van der Waals surface area (Å²) in [6.45, 7) is 5.65. The molecule has 0 aromatic heterocycles. The van der Waals surface area contributed by atoms with Gasteiger partial charge in [0.15, 0.2) is 0 Å². The largest absolute Gasteiger partial charge is 0.390 e. The van der Waals surface area contributed by atoms with Crippen LogP contribution in [0, 0.1) is 11.8 Å². The quantitative estimate of drug-likeness (QED) is 0.681. The lowest BCUT2D eigenvalue weighted by Crippen LogP contribution is -2.65. The molecule has 1 saturated heterocycles. The van der Waals surface area contributed by atoms with Gasteiger partial charge in [-0.2, -0.15) is 0 Å². The fourth-order valence-corrected chi connectivity index (χ4v) is 4.20. The third-order valence-corrected chi connectivity index (χ3v) is 5.58.